The first-order chi connectivity index (χ1) is 10.1. The zero-order valence-corrected chi connectivity index (χ0v) is 12.7. The lowest BCUT2D eigenvalue weighted by atomic mass is 10.1. The van der Waals surface area contributed by atoms with E-state index in [1.54, 1.807) is 12.1 Å². The number of nitrogens with one attached hydrogen (secondary N) is 1. The van der Waals surface area contributed by atoms with Crippen molar-refractivity contribution < 1.29 is 9.53 Å². The molecule has 0 spiro atoms. The van der Waals surface area contributed by atoms with E-state index in [4.69, 9.17) is 4.74 Å². The van der Waals surface area contributed by atoms with Gasteiger partial charge in [0, 0.05) is 5.56 Å². The van der Waals surface area contributed by atoms with Gasteiger partial charge in [-0.15, -0.1) is 0 Å². The highest BCUT2D eigenvalue weighted by Crippen LogP contribution is 2.16. The number of rotatable bonds is 5. The maximum absolute atomic E-state index is 12.2. The molecule has 2 aromatic carbocycles. The van der Waals surface area contributed by atoms with E-state index in [0.717, 1.165) is 11.3 Å². The van der Waals surface area contributed by atoms with Gasteiger partial charge in [0.1, 0.15) is 5.75 Å². The Kier molecular flexibility index (Phi) is 4.99. The second-order valence-corrected chi connectivity index (χ2v) is 5.06. The first kappa shape index (κ1) is 15.1. The average Bonchev–Trinajstić information content (AvgIpc) is 2.49. The van der Waals surface area contributed by atoms with Crippen LogP contribution in [0, 0.1) is 6.92 Å². The summed E-state index contributed by atoms with van der Waals surface area (Å²) in [4.78, 5) is 12.2. The first-order valence-corrected chi connectivity index (χ1v) is 7.20. The van der Waals surface area contributed by atoms with Crippen molar-refractivity contribution in [2.45, 2.75) is 26.8 Å². The Hall–Kier alpha value is -2.29. The van der Waals surface area contributed by atoms with E-state index in [1.807, 2.05) is 45.0 Å². The maximum Gasteiger partial charge on any atom is 0.251 e. The molecule has 2 rings (SSSR count). The second-order valence-electron chi connectivity index (χ2n) is 5.06. The predicted molar refractivity (Wildman–Crippen MR) is 84.7 cm³/mol. The summed E-state index contributed by atoms with van der Waals surface area (Å²) in [7, 11) is 0. The van der Waals surface area contributed by atoms with E-state index >= 15 is 0 Å². The van der Waals surface area contributed by atoms with Crippen LogP contribution in [0.25, 0.3) is 0 Å². The molecule has 1 atom stereocenters. The quantitative estimate of drug-likeness (QED) is 0.904. The summed E-state index contributed by atoms with van der Waals surface area (Å²) in [6.45, 7) is 6.59. The van der Waals surface area contributed by atoms with Gasteiger partial charge in [-0.1, -0.05) is 29.8 Å². The molecule has 2 aromatic rings. The van der Waals surface area contributed by atoms with Gasteiger partial charge in [0.05, 0.1) is 12.6 Å². The summed E-state index contributed by atoms with van der Waals surface area (Å²) in [6.07, 6.45) is 0. The number of hydrogen-bond donors (Lipinski definition) is 1. The van der Waals surface area contributed by atoms with Crippen LogP contribution in [-0.2, 0) is 0 Å². The predicted octanol–water partition coefficient (Wildman–Crippen LogP) is 3.88. The van der Waals surface area contributed by atoms with Crippen LogP contribution in [0.4, 0.5) is 0 Å². The highest BCUT2D eigenvalue weighted by atomic mass is 16.5. The van der Waals surface area contributed by atoms with E-state index < -0.39 is 0 Å². The van der Waals surface area contributed by atoms with Crippen LogP contribution in [0.5, 0.6) is 5.75 Å². The van der Waals surface area contributed by atoms with Crippen LogP contribution in [0.15, 0.2) is 48.5 Å². The van der Waals surface area contributed by atoms with Gasteiger partial charge < -0.3 is 10.1 Å². The molecule has 3 nitrogen and oxygen atoms in total. The highest BCUT2D eigenvalue weighted by molar-refractivity contribution is 5.94. The number of ether oxygens (including phenoxy) is 1. The summed E-state index contributed by atoms with van der Waals surface area (Å²) in [5, 5.41) is 3.00. The molecule has 110 valence electrons. The molecule has 0 bridgehead atoms. The number of aryl methyl sites for hydroxylation is 1. The molecule has 0 saturated heterocycles. The van der Waals surface area contributed by atoms with Gasteiger partial charge in [-0.2, -0.15) is 0 Å². The Morgan fingerprint density at radius 2 is 1.71 bits per heavy atom. The third-order valence-electron chi connectivity index (χ3n) is 3.35. The SMILES string of the molecule is CCOc1ccc(C(=O)NC(C)c2ccc(C)cc2)cc1. The molecule has 0 saturated carbocycles. The van der Waals surface area contributed by atoms with Crippen LogP contribution in [-0.4, -0.2) is 12.5 Å². The third kappa shape index (κ3) is 4.09. The van der Waals surface area contributed by atoms with Crippen molar-refractivity contribution in [3.63, 3.8) is 0 Å². The standard InChI is InChI=1S/C18H21NO2/c1-4-21-17-11-9-16(10-12-17)18(20)19-14(3)15-7-5-13(2)6-8-15/h5-12,14H,4H2,1-3H3,(H,19,20). The van der Waals surface area contributed by atoms with Crippen LogP contribution in [0.1, 0.15) is 41.4 Å². The molecule has 0 aliphatic carbocycles. The molecule has 0 aromatic heterocycles. The molecule has 3 heteroatoms. The van der Waals surface area contributed by atoms with Crippen LogP contribution < -0.4 is 10.1 Å². The largest absolute Gasteiger partial charge is 0.494 e. The van der Waals surface area contributed by atoms with Gasteiger partial charge in [0.15, 0.2) is 0 Å². The van der Waals surface area contributed by atoms with E-state index in [0.29, 0.717) is 12.2 Å². The fourth-order valence-electron chi connectivity index (χ4n) is 2.09. The Balaban J connectivity index is 2.01. The fourth-order valence-corrected chi connectivity index (χ4v) is 2.09. The van der Waals surface area contributed by atoms with Gasteiger partial charge >= 0.3 is 0 Å². The summed E-state index contributed by atoms with van der Waals surface area (Å²) < 4.78 is 5.37. The van der Waals surface area contributed by atoms with Crippen molar-refractivity contribution in [2.75, 3.05) is 6.61 Å². The van der Waals surface area contributed by atoms with E-state index in [1.165, 1.54) is 5.56 Å². The Morgan fingerprint density at radius 1 is 1.10 bits per heavy atom. The number of amides is 1. The number of carbonyl (C=O) groups excluding carboxylic acids is 1. The lowest BCUT2D eigenvalue weighted by molar-refractivity contribution is 0.0940. The Bertz CT molecular complexity index is 588. The molecule has 1 N–H and O–H groups in total. The van der Waals surface area contributed by atoms with Gasteiger partial charge in [-0.25, -0.2) is 0 Å². The smallest absolute Gasteiger partial charge is 0.251 e. The normalized spacial score (nSPS) is 11.8. The number of carbonyl (C=O) groups is 1. The maximum atomic E-state index is 12.2. The molecule has 0 heterocycles. The van der Waals surface area contributed by atoms with Crippen molar-refractivity contribution in [3.8, 4) is 5.75 Å². The molecule has 0 fully saturated rings. The zero-order valence-electron chi connectivity index (χ0n) is 12.7. The van der Waals surface area contributed by atoms with Crippen LogP contribution in [0.2, 0.25) is 0 Å². The summed E-state index contributed by atoms with van der Waals surface area (Å²) >= 11 is 0. The minimum atomic E-state index is -0.0777. The van der Waals surface area contributed by atoms with Crippen molar-refractivity contribution in [2.24, 2.45) is 0 Å². The summed E-state index contributed by atoms with van der Waals surface area (Å²) in [5.41, 5.74) is 2.95. The van der Waals surface area contributed by atoms with Gasteiger partial charge in [-0.05, 0) is 50.6 Å². The molecular weight excluding hydrogens is 262 g/mol. The number of hydrogen-bond acceptors (Lipinski definition) is 2. The van der Waals surface area contributed by atoms with Crippen molar-refractivity contribution >= 4 is 5.91 Å². The highest BCUT2D eigenvalue weighted by Gasteiger charge is 2.11. The van der Waals surface area contributed by atoms with E-state index in [2.05, 4.69) is 17.4 Å². The molecule has 0 radical (unpaired) electrons. The minimum Gasteiger partial charge on any atom is -0.494 e. The second kappa shape index (κ2) is 6.93. The molecule has 0 aliphatic heterocycles. The van der Waals surface area contributed by atoms with E-state index in [-0.39, 0.29) is 11.9 Å². The fraction of sp³-hybridized carbons (Fsp3) is 0.278. The summed E-state index contributed by atoms with van der Waals surface area (Å²) in [6, 6.07) is 15.3. The molecule has 1 unspecified atom stereocenters. The van der Waals surface area contributed by atoms with Crippen molar-refractivity contribution in [1.82, 2.24) is 5.32 Å². The van der Waals surface area contributed by atoms with Crippen molar-refractivity contribution in [1.29, 1.82) is 0 Å². The Labute approximate surface area is 126 Å². The van der Waals surface area contributed by atoms with E-state index in [9.17, 15) is 4.79 Å². The van der Waals surface area contributed by atoms with Crippen molar-refractivity contribution in [3.05, 3.63) is 65.2 Å². The van der Waals surface area contributed by atoms with Gasteiger partial charge in [0.2, 0.25) is 0 Å². The first-order valence-electron chi connectivity index (χ1n) is 7.20. The van der Waals surface area contributed by atoms with Gasteiger partial charge in [-0.3, -0.25) is 4.79 Å². The van der Waals surface area contributed by atoms with Gasteiger partial charge in [0.25, 0.3) is 5.91 Å². The topological polar surface area (TPSA) is 38.3 Å². The molecular formula is C18H21NO2. The number of benzene rings is 2. The molecule has 21 heavy (non-hydrogen) atoms. The molecule has 1 amide bonds. The Morgan fingerprint density at radius 3 is 2.29 bits per heavy atom. The average molecular weight is 283 g/mol. The minimum absolute atomic E-state index is 0.0235. The molecule has 0 aliphatic rings. The lowest BCUT2D eigenvalue weighted by Gasteiger charge is -2.15. The zero-order chi connectivity index (χ0) is 15.2. The van der Waals surface area contributed by atoms with Crippen LogP contribution in [0.3, 0.4) is 0 Å². The van der Waals surface area contributed by atoms with Crippen LogP contribution >= 0.6 is 0 Å². The monoisotopic (exact) mass is 283 g/mol. The third-order valence-corrected chi connectivity index (χ3v) is 3.35. The summed E-state index contributed by atoms with van der Waals surface area (Å²) in [5.74, 6) is 0.701. The lowest BCUT2D eigenvalue weighted by Crippen LogP contribution is -2.26.